The Labute approximate surface area is 110 Å². The Kier molecular flexibility index (Phi) is 4.06. The molecular formula is C14H16FN3O. The van der Waals surface area contributed by atoms with Crippen molar-refractivity contribution in [2.75, 3.05) is 0 Å². The summed E-state index contributed by atoms with van der Waals surface area (Å²) in [5.74, 6) is 0.322. The van der Waals surface area contributed by atoms with E-state index >= 15 is 0 Å². The second kappa shape index (κ2) is 5.75. The lowest BCUT2D eigenvalue weighted by Gasteiger charge is -2.06. The first-order chi connectivity index (χ1) is 9.11. The Balaban J connectivity index is 2.17. The van der Waals surface area contributed by atoms with Crippen molar-refractivity contribution in [2.45, 2.75) is 26.3 Å². The standard InChI is InChI=1S/C14H16FN3O/c1-9-11(8-16)14(19)18-13(17-9)7-6-10-4-2-3-5-12(10)15/h2-5H,6-8,16H2,1H3,(H,17,18,19). The molecule has 5 heteroatoms. The first-order valence-electron chi connectivity index (χ1n) is 6.14. The van der Waals surface area contributed by atoms with Gasteiger partial charge in [-0.25, -0.2) is 9.37 Å². The second-order valence-electron chi connectivity index (χ2n) is 4.37. The summed E-state index contributed by atoms with van der Waals surface area (Å²) in [5, 5.41) is 0. The normalized spacial score (nSPS) is 10.7. The third kappa shape index (κ3) is 3.06. The molecule has 2 aromatic rings. The zero-order chi connectivity index (χ0) is 13.8. The predicted molar refractivity (Wildman–Crippen MR) is 71.3 cm³/mol. The van der Waals surface area contributed by atoms with Crippen molar-refractivity contribution in [3.8, 4) is 0 Å². The molecule has 0 atom stereocenters. The van der Waals surface area contributed by atoms with E-state index in [2.05, 4.69) is 9.97 Å². The van der Waals surface area contributed by atoms with Crippen LogP contribution in [0.5, 0.6) is 0 Å². The van der Waals surface area contributed by atoms with Crippen LogP contribution < -0.4 is 11.3 Å². The molecule has 1 heterocycles. The molecule has 0 amide bonds. The molecule has 0 saturated carbocycles. The number of aromatic amines is 1. The van der Waals surface area contributed by atoms with Crippen LogP contribution in [0.15, 0.2) is 29.1 Å². The first kappa shape index (κ1) is 13.4. The molecule has 1 aromatic heterocycles. The van der Waals surface area contributed by atoms with Gasteiger partial charge in [-0.2, -0.15) is 0 Å². The molecule has 100 valence electrons. The lowest BCUT2D eigenvalue weighted by Crippen LogP contribution is -2.21. The van der Waals surface area contributed by atoms with Crippen molar-refractivity contribution >= 4 is 0 Å². The molecule has 0 bridgehead atoms. The van der Waals surface area contributed by atoms with E-state index in [-0.39, 0.29) is 17.9 Å². The van der Waals surface area contributed by atoms with E-state index in [0.29, 0.717) is 35.5 Å². The number of hydrogen-bond donors (Lipinski definition) is 2. The van der Waals surface area contributed by atoms with Crippen LogP contribution in [0.1, 0.15) is 22.6 Å². The maximum Gasteiger partial charge on any atom is 0.255 e. The highest BCUT2D eigenvalue weighted by Gasteiger charge is 2.07. The Morgan fingerprint density at radius 1 is 1.32 bits per heavy atom. The van der Waals surface area contributed by atoms with Crippen LogP contribution in [-0.2, 0) is 19.4 Å². The fourth-order valence-electron chi connectivity index (χ4n) is 1.98. The van der Waals surface area contributed by atoms with Gasteiger partial charge in [-0.15, -0.1) is 0 Å². The highest BCUT2D eigenvalue weighted by atomic mass is 19.1. The third-order valence-corrected chi connectivity index (χ3v) is 3.06. The van der Waals surface area contributed by atoms with Gasteiger partial charge in [-0.3, -0.25) is 4.79 Å². The third-order valence-electron chi connectivity index (χ3n) is 3.06. The molecule has 0 saturated heterocycles. The van der Waals surface area contributed by atoms with Crippen molar-refractivity contribution in [3.63, 3.8) is 0 Å². The van der Waals surface area contributed by atoms with Gasteiger partial charge in [0.05, 0.1) is 5.56 Å². The maximum absolute atomic E-state index is 13.5. The Bertz CT molecular complexity index is 637. The lowest BCUT2D eigenvalue weighted by molar-refractivity contribution is 0.607. The smallest absolute Gasteiger partial charge is 0.255 e. The van der Waals surface area contributed by atoms with Gasteiger partial charge in [-0.1, -0.05) is 18.2 Å². The maximum atomic E-state index is 13.5. The van der Waals surface area contributed by atoms with E-state index in [1.54, 1.807) is 25.1 Å². The summed E-state index contributed by atoms with van der Waals surface area (Å²) in [6, 6.07) is 6.60. The van der Waals surface area contributed by atoms with Gasteiger partial charge in [0, 0.05) is 18.7 Å². The van der Waals surface area contributed by atoms with Crippen LogP contribution in [0.25, 0.3) is 0 Å². The van der Waals surface area contributed by atoms with E-state index in [0.717, 1.165) is 0 Å². The van der Waals surface area contributed by atoms with E-state index in [1.165, 1.54) is 6.07 Å². The van der Waals surface area contributed by atoms with Crippen molar-refractivity contribution in [3.05, 3.63) is 63.1 Å². The van der Waals surface area contributed by atoms with E-state index < -0.39 is 0 Å². The number of nitrogens with two attached hydrogens (primary N) is 1. The average Bonchev–Trinajstić information content (AvgIpc) is 2.37. The van der Waals surface area contributed by atoms with Gasteiger partial charge in [0.1, 0.15) is 11.6 Å². The van der Waals surface area contributed by atoms with Gasteiger partial charge >= 0.3 is 0 Å². The number of aryl methyl sites for hydroxylation is 3. The van der Waals surface area contributed by atoms with E-state index in [1.807, 2.05) is 0 Å². The molecule has 0 aliphatic heterocycles. The number of halogens is 1. The molecule has 1 aromatic carbocycles. The molecule has 0 aliphatic rings. The molecule has 0 spiro atoms. The number of nitrogens with one attached hydrogen (secondary N) is 1. The van der Waals surface area contributed by atoms with Gasteiger partial charge in [0.15, 0.2) is 0 Å². The van der Waals surface area contributed by atoms with Gasteiger partial charge in [-0.05, 0) is 25.0 Å². The number of benzene rings is 1. The van der Waals surface area contributed by atoms with E-state index in [9.17, 15) is 9.18 Å². The van der Waals surface area contributed by atoms with Crippen molar-refractivity contribution < 1.29 is 4.39 Å². The molecule has 2 rings (SSSR count). The summed E-state index contributed by atoms with van der Waals surface area (Å²) < 4.78 is 13.5. The average molecular weight is 261 g/mol. The summed E-state index contributed by atoms with van der Waals surface area (Å²) in [7, 11) is 0. The van der Waals surface area contributed by atoms with Crippen LogP contribution in [0.2, 0.25) is 0 Å². The largest absolute Gasteiger partial charge is 0.326 e. The fraction of sp³-hybridized carbons (Fsp3) is 0.286. The highest BCUT2D eigenvalue weighted by Crippen LogP contribution is 2.09. The number of aromatic nitrogens is 2. The SMILES string of the molecule is Cc1nc(CCc2ccccc2F)[nH]c(=O)c1CN. The molecule has 0 aliphatic carbocycles. The van der Waals surface area contributed by atoms with Crippen molar-refractivity contribution in [1.29, 1.82) is 0 Å². The zero-order valence-corrected chi connectivity index (χ0v) is 10.7. The topological polar surface area (TPSA) is 71.8 Å². The van der Waals surface area contributed by atoms with Crippen LogP contribution >= 0.6 is 0 Å². The summed E-state index contributed by atoms with van der Waals surface area (Å²) in [6.07, 6.45) is 0.985. The zero-order valence-electron chi connectivity index (χ0n) is 10.7. The van der Waals surface area contributed by atoms with Gasteiger partial charge < -0.3 is 10.7 Å². The Morgan fingerprint density at radius 3 is 2.68 bits per heavy atom. The van der Waals surface area contributed by atoms with Crippen LogP contribution in [0, 0.1) is 12.7 Å². The summed E-state index contributed by atoms with van der Waals surface area (Å²) in [4.78, 5) is 18.7. The molecule has 4 nitrogen and oxygen atoms in total. The second-order valence-corrected chi connectivity index (χ2v) is 4.37. The minimum absolute atomic E-state index is 0.168. The number of nitrogens with zero attached hydrogens (tertiary/aromatic N) is 1. The molecular weight excluding hydrogens is 245 g/mol. The van der Waals surface area contributed by atoms with Crippen LogP contribution in [-0.4, -0.2) is 9.97 Å². The first-order valence-corrected chi connectivity index (χ1v) is 6.14. The number of H-pyrrole nitrogens is 1. The molecule has 0 fully saturated rings. The van der Waals surface area contributed by atoms with Crippen LogP contribution in [0.3, 0.4) is 0 Å². The fourth-order valence-corrected chi connectivity index (χ4v) is 1.98. The predicted octanol–water partition coefficient (Wildman–Crippen LogP) is 1.46. The molecule has 19 heavy (non-hydrogen) atoms. The van der Waals surface area contributed by atoms with Crippen LogP contribution in [0.4, 0.5) is 4.39 Å². The summed E-state index contributed by atoms with van der Waals surface area (Å²) in [6.45, 7) is 1.92. The monoisotopic (exact) mass is 261 g/mol. The minimum atomic E-state index is -0.236. The number of hydrogen-bond acceptors (Lipinski definition) is 3. The molecule has 0 unspecified atom stereocenters. The Morgan fingerprint density at radius 2 is 2.05 bits per heavy atom. The summed E-state index contributed by atoms with van der Waals surface area (Å²) in [5.41, 5.74) is 7.01. The Hall–Kier alpha value is -2.01. The number of rotatable bonds is 4. The van der Waals surface area contributed by atoms with Crippen molar-refractivity contribution in [2.24, 2.45) is 5.73 Å². The quantitative estimate of drug-likeness (QED) is 0.875. The van der Waals surface area contributed by atoms with E-state index in [4.69, 9.17) is 5.73 Å². The minimum Gasteiger partial charge on any atom is -0.326 e. The lowest BCUT2D eigenvalue weighted by atomic mass is 10.1. The summed E-state index contributed by atoms with van der Waals surface area (Å²) >= 11 is 0. The highest BCUT2D eigenvalue weighted by molar-refractivity contribution is 5.19. The van der Waals surface area contributed by atoms with Gasteiger partial charge in [0.25, 0.3) is 5.56 Å². The molecule has 3 N–H and O–H groups in total. The van der Waals surface area contributed by atoms with Crippen molar-refractivity contribution in [1.82, 2.24) is 9.97 Å². The van der Waals surface area contributed by atoms with Gasteiger partial charge in [0.2, 0.25) is 0 Å². The molecule has 0 radical (unpaired) electrons.